The number of hydrogen-bond donors (Lipinski definition) is 0. The first-order valence-electron chi connectivity index (χ1n) is 2.59. The van der Waals surface area contributed by atoms with E-state index >= 15 is 0 Å². The van der Waals surface area contributed by atoms with Crippen molar-refractivity contribution in [3.05, 3.63) is 27.0 Å². The molecule has 10 heavy (non-hydrogen) atoms. The first kappa shape index (κ1) is 8.12. The van der Waals surface area contributed by atoms with Gasteiger partial charge in [0, 0.05) is 0 Å². The van der Waals surface area contributed by atoms with Gasteiger partial charge in [-0.05, 0) is 18.6 Å². The van der Waals surface area contributed by atoms with E-state index in [0.29, 0.717) is 10.2 Å². The molecule has 0 amide bonds. The van der Waals surface area contributed by atoms with E-state index in [1.54, 1.807) is 6.07 Å². The second kappa shape index (κ2) is 2.95. The summed E-state index contributed by atoms with van der Waals surface area (Å²) in [7, 11) is 0. The zero-order valence-corrected chi connectivity index (χ0v) is 7.43. The van der Waals surface area contributed by atoms with Crippen molar-refractivity contribution in [1.82, 2.24) is 4.98 Å². The quantitative estimate of drug-likeness (QED) is 0.580. The molecule has 54 valence electrons. The van der Waals surface area contributed by atoms with Crippen LogP contribution >= 0.6 is 34.8 Å². The summed E-state index contributed by atoms with van der Waals surface area (Å²) < 4.78 is 0. The predicted octanol–water partition coefficient (Wildman–Crippen LogP) is 3.35. The van der Waals surface area contributed by atoms with Gasteiger partial charge < -0.3 is 0 Å². The Morgan fingerprint density at radius 1 is 1.20 bits per heavy atom. The largest absolute Gasteiger partial charge is 0.223 e. The van der Waals surface area contributed by atoms with Crippen LogP contribution in [0.4, 0.5) is 0 Å². The minimum Gasteiger partial charge on any atom is -0.223 e. The highest BCUT2D eigenvalue weighted by Gasteiger charge is 2.02. The molecule has 0 fully saturated rings. The maximum absolute atomic E-state index is 5.63. The maximum Gasteiger partial charge on any atom is 0.149 e. The van der Waals surface area contributed by atoms with Crippen molar-refractivity contribution in [1.29, 1.82) is 0 Å². The van der Waals surface area contributed by atoms with Crippen LogP contribution in [0.25, 0.3) is 0 Å². The smallest absolute Gasteiger partial charge is 0.149 e. The van der Waals surface area contributed by atoms with Gasteiger partial charge in [-0.3, -0.25) is 0 Å². The van der Waals surface area contributed by atoms with E-state index in [4.69, 9.17) is 34.8 Å². The molecule has 0 saturated carbocycles. The number of halogens is 3. The zero-order valence-electron chi connectivity index (χ0n) is 5.16. The Kier molecular flexibility index (Phi) is 2.40. The first-order chi connectivity index (χ1) is 4.61. The van der Waals surface area contributed by atoms with Gasteiger partial charge in [0.2, 0.25) is 0 Å². The lowest BCUT2D eigenvalue weighted by molar-refractivity contribution is 1.27. The molecule has 1 aromatic rings. The molecule has 0 aliphatic heterocycles. The Bertz CT molecular complexity index is 209. The van der Waals surface area contributed by atoms with Crippen molar-refractivity contribution in [2.75, 3.05) is 0 Å². The number of nitrogens with zero attached hydrogens (tertiary/aromatic N) is 1. The second-order valence-electron chi connectivity index (χ2n) is 1.87. The van der Waals surface area contributed by atoms with Gasteiger partial charge >= 0.3 is 0 Å². The van der Waals surface area contributed by atoms with E-state index in [2.05, 4.69) is 4.98 Å². The highest BCUT2D eigenvalue weighted by atomic mass is 35.5. The van der Waals surface area contributed by atoms with Crippen molar-refractivity contribution in [2.24, 2.45) is 0 Å². The monoisotopic (exact) mass is 195 g/mol. The van der Waals surface area contributed by atoms with Gasteiger partial charge in [-0.2, -0.15) is 0 Å². The topological polar surface area (TPSA) is 12.9 Å². The fourth-order valence-corrected chi connectivity index (χ4v) is 1.06. The highest BCUT2D eigenvalue weighted by Crippen LogP contribution is 2.24. The summed E-state index contributed by atoms with van der Waals surface area (Å²) in [6, 6.07) is 1.68. The number of rotatable bonds is 0. The number of aromatic nitrogens is 1. The third kappa shape index (κ3) is 1.54. The highest BCUT2D eigenvalue weighted by molar-refractivity contribution is 6.42. The molecule has 0 unspecified atom stereocenters. The van der Waals surface area contributed by atoms with Crippen LogP contribution in [0, 0.1) is 6.92 Å². The Balaban J connectivity index is 3.28. The minimum absolute atomic E-state index is 0.247. The fourth-order valence-electron chi connectivity index (χ4n) is 0.537. The van der Waals surface area contributed by atoms with Gasteiger partial charge in [0.05, 0.1) is 5.02 Å². The van der Waals surface area contributed by atoms with E-state index < -0.39 is 0 Å². The molecule has 1 rings (SSSR count). The second-order valence-corrected chi connectivity index (χ2v) is 2.99. The van der Waals surface area contributed by atoms with Crippen molar-refractivity contribution in [3.8, 4) is 0 Å². The summed E-state index contributed by atoms with van der Waals surface area (Å²) in [5.74, 6) is 0. The third-order valence-electron chi connectivity index (χ3n) is 1.06. The molecule has 1 aromatic heterocycles. The van der Waals surface area contributed by atoms with Crippen molar-refractivity contribution in [3.63, 3.8) is 0 Å². The molecule has 0 aliphatic carbocycles. The SMILES string of the molecule is Cc1cc(Cl)c(Cl)nc1Cl. The summed E-state index contributed by atoms with van der Waals surface area (Å²) >= 11 is 16.8. The summed E-state index contributed by atoms with van der Waals surface area (Å²) in [5, 5.41) is 1.08. The molecule has 0 aromatic carbocycles. The van der Waals surface area contributed by atoms with E-state index in [9.17, 15) is 0 Å². The normalized spacial score (nSPS) is 10.0. The molecule has 0 spiro atoms. The fraction of sp³-hybridized carbons (Fsp3) is 0.167. The lowest BCUT2D eigenvalue weighted by Crippen LogP contribution is -1.82. The van der Waals surface area contributed by atoms with Gasteiger partial charge in [0.25, 0.3) is 0 Å². The predicted molar refractivity (Wildman–Crippen MR) is 44.0 cm³/mol. The summed E-state index contributed by atoms with van der Waals surface area (Å²) in [5.41, 5.74) is 0.830. The minimum atomic E-state index is 0.247. The Morgan fingerprint density at radius 3 is 2.30 bits per heavy atom. The molecule has 0 aliphatic rings. The lowest BCUT2D eigenvalue weighted by Gasteiger charge is -1.97. The number of hydrogen-bond acceptors (Lipinski definition) is 1. The van der Waals surface area contributed by atoms with Crippen LogP contribution in [-0.4, -0.2) is 4.98 Å². The molecular formula is C6H4Cl3N. The molecular weight excluding hydrogens is 192 g/mol. The molecule has 0 radical (unpaired) electrons. The molecule has 4 heteroatoms. The summed E-state index contributed by atoms with van der Waals surface area (Å²) in [6.07, 6.45) is 0. The molecule has 1 nitrogen and oxygen atoms in total. The molecule has 0 N–H and O–H groups in total. The van der Waals surface area contributed by atoms with Crippen molar-refractivity contribution in [2.45, 2.75) is 6.92 Å². The molecule has 0 bridgehead atoms. The van der Waals surface area contributed by atoms with Crippen LogP contribution in [0.3, 0.4) is 0 Å². The van der Waals surface area contributed by atoms with E-state index in [1.165, 1.54) is 0 Å². The van der Waals surface area contributed by atoms with Gasteiger partial charge in [-0.25, -0.2) is 4.98 Å². The maximum atomic E-state index is 5.63. The Labute approximate surface area is 73.9 Å². The van der Waals surface area contributed by atoms with Crippen LogP contribution in [0.1, 0.15) is 5.56 Å². The molecule has 1 heterocycles. The number of pyridine rings is 1. The summed E-state index contributed by atoms with van der Waals surface area (Å²) in [6.45, 7) is 1.82. The van der Waals surface area contributed by atoms with Crippen LogP contribution in [0.5, 0.6) is 0 Å². The van der Waals surface area contributed by atoms with E-state index in [0.717, 1.165) is 5.56 Å². The lowest BCUT2D eigenvalue weighted by atomic mass is 10.3. The number of aryl methyl sites for hydroxylation is 1. The summed E-state index contributed by atoms with van der Waals surface area (Å²) in [4.78, 5) is 3.77. The van der Waals surface area contributed by atoms with Gasteiger partial charge in [-0.15, -0.1) is 0 Å². The van der Waals surface area contributed by atoms with Crippen LogP contribution < -0.4 is 0 Å². The molecule has 0 saturated heterocycles. The first-order valence-corrected chi connectivity index (χ1v) is 3.73. The van der Waals surface area contributed by atoms with E-state index in [1.807, 2.05) is 6.92 Å². The van der Waals surface area contributed by atoms with Crippen LogP contribution in [0.15, 0.2) is 6.07 Å². The Morgan fingerprint density at radius 2 is 1.80 bits per heavy atom. The zero-order chi connectivity index (χ0) is 7.72. The standard InChI is InChI=1S/C6H4Cl3N/c1-3-2-4(7)6(9)10-5(3)8/h2H,1H3. The van der Waals surface area contributed by atoms with Crippen molar-refractivity contribution >= 4 is 34.8 Å². The van der Waals surface area contributed by atoms with Gasteiger partial charge in [-0.1, -0.05) is 34.8 Å². The Hall–Kier alpha value is 0.0200. The third-order valence-corrected chi connectivity index (χ3v) is 2.12. The van der Waals surface area contributed by atoms with Crippen LogP contribution in [0.2, 0.25) is 15.3 Å². The molecule has 0 atom stereocenters. The average Bonchev–Trinajstić information content (AvgIpc) is 1.84. The van der Waals surface area contributed by atoms with Crippen LogP contribution in [-0.2, 0) is 0 Å². The van der Waals surface area contributed by atoms with Crippen molar-refractivity contribution < 1.29 is 0 Å². The van der Waals surface area contributed by atoms with Gasteiger partial charge in [0.1, 0.15) is 10.3 Å². The van der Waals surface area contributed by atoms with E-state index in [-0.39, 0.29) is 5.15 Å². The average molecular weight is 196 g/mol. The van der Waals surface area contributed by atoms with Gasteiger partial charge in [0.15, 0.2) is 0 Å².